The van der Waals surface area contributed by atoms with Gasteiger partial charge in [-0.1, -0.05) is 0 Å². The smallest absolute Gasteiger partial charge is 0.173 e. The van der Waals surface area contributed by atoms with Crippen molar-refractivity contribution in [3.63, 3.8) is 0 Å². The van der Waals surface area contributed by atoms with Crippen LogP contribution in [0.25, 0.3) is 10.9 Å². The molecule has 0 saturated heterocycles. The molecule has 0 saturated carbocycles. The van der Waals surface area contributed by atoms with Crippen molar-refractivity contribution in [2.75, 3.05) is 26.7 Å². The van der Waals surface area contributed by atoms with E-state index in [0.717, 1.165) is 0 Å². The molecule has 2 aromatic carbocycles. The minimum Gasteiger partial charge on any atom is -0.493 e. The van der Waals surface area contributed by atoms with Gasteiger partial charge in [-0.3, -0.25) is 0 Å². The fourth-order valence-electron chi connectivity index (χ4n) is 2.61. The zero-order chi connectivity index (χ0) is 20.5. The number of fused-ring (bicyclic) bond motifs is 1. The number of ether oxygens (including phenoxy) is 2. The first-order valence-electron chi connectivity index (χ1n) is 8.08. The Kier molecular flexibility index (Phi) is 5.26. The average molecular weight is 421 g/mol. The van der Waals surface area contributed by atoms with E-state index in [1.807, 2.05) is 0 Å². The third-order valence-corrected chi connectivity index (χ3v) is 6.93. The van der Waals surface area contributed by atoms with Crippen LogP contribution in [-0.4, -0.2) is 45.1 Å². The molecule has 0 radical (unpaired) electrons. The van der Waals surface area contributed by atoms with Crippen molar-refractivity contribution in [1.82, 2.24) is 9.97 Å². The Bertz CT molecular complexity index is 1260. The van der Waals surface area contributed by atoms with Crippen molar-refractivity contribution < 1.29 is 17.9 Å². The third-order valence-electron chi connectivity index (χ3n) is 4.09. The number of nitrogens with zero attached hydrogens (tertiary/aromatic N) is 3. The van der Waals surface area contributed by atoms with Crippen LogP contribution in [0.3, 0.4) is 0 Å². The van der Waals surface area contributed by atoms with Crippen LogP contribution in [0.5, 0.6) is 11.5 Å². The summed E-state index contributed by atoms with van der Waals surface area (Å²) in [4.78, 5) is 9.21. The first kappa shape index (κ1) is 20.0. The summed E-state index contributed by atoms with van der Waals surface area (Å²) in [5.41, 5.74) is 0.580. The summed E-state index contributed by atoms with van der Waals surface area (Å²) < 4.78 is 47.7. The predicted molar refractivity (Wildman–Crippen MR) is 109 cm³/mol. The largest absolute Gasteiger partial charge is 0.493 e. The van der Waals surface area contributed by atoms with Gasteiger partial charge in [-0.05, 0) is 30.3 Å². The normalized spacial score (nSPS) is 15.4. The number of methoxy groups -OCH3 is 2. The SMILES string of the molecule is COc1cc2ncnc(N=S(C)(=O)c3ccc(S(C)(=N)=O)cc3)c2cc1OC. The van der Waals surface area contributed by atoms with Crippen LogP contribution in [0.1, 0.15) is 0 Å². The van der Waals surface area contributed by atoms with E-state index in [1.54, 1.807) is 24.3 Å². The van der Waals surface area contributed by atoms with Crippen molar-refractivity contribution in [3.8, 4) is 11.5 Å². The molecule has 1 N–H and O–H groups in total. The number of hydrogen-bond donors (Lipinski definition) is 1. The molecule has 0 spiro atoms. The molecule has 3 rings (SSSR count). The maximum Gasteiger partial charge on any atom is 0.173 e. The monoisotopic (exact) mass is 420 g/mol. The lowest BCUT2D eigenvalue weighted by Gasteiger charge is -2.10. The lowest BCUT2D eigenvalue weighted by molar-refractivity contribution is 0.356. The Morgan fingerprint density at radius 1 is 0.929 bits per heavy atom. The van der Waals surface area contributed by atoms with E-state index in [9.17, 15) is 8.42 Å². The highest BCUT2D eigenvalue weighted by molar-refractivity contribution is 7.93. The molecule has 148 valence electrons. The van der Waals surface area contributed by atoms with Gasteiger partial charge in [0.25, 0.3) is 0 Å². The maximum absolute atomic E-state index is 13.2. The topological polar surface area (TPSA) is 115 Å². The van der Waals surface area contributed by atoms with Crippen LogP contribution < -0.4 is 9.47 Å². The van der Waals surface area contributed by atoms with Gasteiger partial charge in [-0.2, -0.15) is 4.36 Å². The molecular weight excluding hydrogens is 400 g/mol. The molecule has 1 heterocycles. The zero-order valence-electron chi connectivity index (χ0n) is 15.8. The lowest BCUT2D eigenvalue weighted by Crippen LogP contribution is -2.00. The second-order valence-corrected chi connectivity index (χ2v) is 10.5. The van der Waals surface area contributed by atoms with Crippen molar-refractivity contribution >= 4 is 36.2 Å². The average Bonchev–Trinajstić information content (AvgIpc) is 2.66. The second-order valence-electron chi connectivity index (χ2n) is 6.13. The van der Waals surface area contributed by atoms with E-state index in [0.29, 0.717) is 32.2 Å². The highest BCUT2D eigenvalue weighted by Crippen LogP contribution is 2.35. The maximum atomic E-state index is 13.2. The highest BCUT2D eigenvalue weighted by atomic mass is 32.2. The zero-order valence-corrected chi connectivity index (χ0v) is 17.5. The number of rotatable bonds is 5. The Morgan fingerprint density at radius 2 is 1.50 bits per heavy atom. The molecule has 1 aromatic heterocycles. The molecule has 0 amide bonds. The van der Waals surface area contributed by atoms with Crippen LogP contribution in [0.2, 0.25) is 0 Å². The molecule has 3 aromatic rings. The molecule has 0 bridgehead atoms. The van der Waals surface area contributed by atoms with Gasteiger partial charge in [0.2, 0.25) is 0 Å². The summed E-state index contributed by atoms with van der Waals surface area (Å²) in [5.74, 6) is 1.27. The quantitative estimate of drug-likeness (QED) is 0.676. The predicted octanol–water partition coefficient (Wildman–Crippen LogP) is 3.47. The lowest BCUT2D eigenvalue weighted by atomic mass is 10.2. The number of benzene rings is 2. The van der Waals surface area contributed by atoms with E-state index < -0.39 is 19.5 Å². The summed E-state index contributed by atoms with van der Waals surface area (Å²) in [6.45, 7) is 0. The molecule has 2 atom stereocenters. The summed E-state index contributed by atoms with van der Waals surface area (Å²) >= 11 is 0. The van der Waals surface area contributed by atoms with Gasteiger partial charge in [-0.25, -0.2) is 23.2 Å². The molecule has 10 heteroatoms. The summed E-state index contributed by atoms with van der Waals surface area (Å²) in [7, 11) is -2.63. The molecule has 2 unspecified atom stereocenters. The minimum atomic E-state index is -2.84. The Balaban J connectivity index is 2.16. The first-order chi connectivity index (χ1) is 13.2. The molecule has 0 aliphatic rings. The summed E-state index contributed by atoms with van der Waals surface area (Å²) in [5, 5.41) is 0.578. The van der Waals surface area contributed by atoms with Gasteiger partial charge in [0.1, 0.15) is 6.33 Å². The molecule has 28 heavy (non-hydrogen) atoms. The fourth-order valence-corrected chi connectivity index (χ4v) is 4.49. The van der Waals surface area contributed by atoms with Crippen molar-refractivity contribution in [3.05, 3.63) is 42.7 Å². The Labute approximate surface area is 164 Å². The van der Waals surface area contributed by atoms with E-state index in [1.165, 1.54) is 45.2 Å². The first-order valence-corrected chi connectivity index (χ1v) is 12.0. The Hall–Kier alpha value is -2.72. The molecule has 8 nitrogen and oxygen atoms in total. The van der Waals surface area contributed by atoms with E-state index in [4.69, 9.17) is 14.3 Å². The van der Waals surface area contributed by atoms with Crippen LogP contribution in [0.15, 0.2) is 56.9 Å². The van der Waals surface area contributed by atoms with Gasteiger partial charge in [0.15, 0.2) is 17.3 Å². The fraction of sp³-hybridized carbons (Fsp3) is 0.222. The van der Waals surface area contributed by atoms with Gasteiger partial charge in [0.05, 0.1) is 39.2 Å². The molecule has 0 aliphatic heterocycles. The van der Waals surface area contributed by atoms with E-state index in [2.05, 4.69) is 14.3 Å². The highest BCUT2D eigenvalue weighted by Gasteiger charge is 2.14. The summed E-state index contributed by atoms with van der Waals surface area (Å²) in [6, 6.07) is 9.62. The number of nitrogens with one attached hydrogen (secondary N) is 1. The standard InChI is InChI=1S/C18H20N4O4S2/c1-25-16-9-14-15(10-17(16)26-2)20-11-21-18(14)22-28(4,24)13-7-5-12(6-8-13)27(3,19)23/h5-11,19H,1-4H3. The Morgan fingerprint density at radius 3 is 2.07 bits per heavy atom. The minimum absolute atomic E-state index is 0.266. The van der Waals surface area contributed by atoms with E-state index >= 15 is 0 Å². The van der Waals surface area contributed by atoms with Gasteiger partial charge < -0.3 is 9.47 Å². The second kappa shape index (κ2) is 7.36. The van der Waals surface area contributed by atoms with Crippen molar-refractivity contribution in [2.24, 2.45) is 4.36 Å². The molecule has 0 fully saturated rings. The van der Waals surface area contributed by atoms with Gasteiger partial charge in [-0.15, -0.1) is 0 Å². The van der Waals surface area contributed by atoms with Crippen LogP contribution in [0, 0.1) is 4.78 Å². The van der Waals surface area contributed by atoms with Crippen LogP contribution in [-0.2, 0) is 19.5 Å². The van der Waals surface area contributed by atoms with Crippen LogP contribution in [0.4, 0.5) is 5.82 Å². The number of hydrogen-bond acceptors (Lipinski definition) is 8. The van der Waals surface area contributed by atoms with Gasteiger partial charge in [0, 0.05) is 33.8 Å². The van der Waals surface area contributed by atoms with Crippen molar-refractivity contribution in [2.45, 2.75) is 9.79 Å². The van der Waals surface area contributed by atoms with Crippen molar-refractivity contribution in [1.29, 1.82) is 4.78 Å². The third kappa shape index (κ3) is 3.92. The van der Waals surface area contributed by atoms with E-state index in [-0.39, 0.29) is 5.82 Å². The summed E-state index contributed by atoms with van der Waals surface area (Å²) in [6.07, 6.45) is 4.18. The van der Waals surface area contributed by atoms with Crippen LogP contribution >= 0.6 is 0 Å². The molecule has 0 aliphatic carbocycles. The number of aromatic nitrogens is 2. The van der Waals surface area contributed by atoms with Gasteiger partial charge >= 0.3 is 0 Å². The molecular formula is C18H20N4O4S2.